The third-order valence-electron chi connectivity index (χ3n) is 8.17. The van der Waals surface area contributed by atoms with Gasteiger partial charge in [0.1, 0.15) is 16.8 Å². The maximum Gasteiger partial charge on any atom is 0.322 e. The first-order valence-electron chi connectivity index (χ1n) is 13.0. The van der Waals surface area contributed by atoms with Crippen LogP contribution < -0.4 is 0 Å². The molecular formula is C29H46O4S. The van der Waals surface area contributed by atoms with Gasteiger partial charge in [-0.1, -0.05) is 45.4 Å². The van der Waals surface area contributed by atoms with Crippen LogP contribution in [0.1, 0.15) is 93.1 Å². The second-order valence-electron chi connectivity index (χ2n) is 11.5. The summed E-state index contributed by atoms with van der Waals surface area (Å²) in [5.74, 6) is 1.48. The number of ether oxygens (including phenoxy) is 1. The monoisotopic (exact) mass is 490 g/mol. The van der Waals surface area contributed by atoms with Crippen LogP contribution in [0.15, 0.2) is 29.2 Å². The summed E-state index contributed by atoms with van der Waals surface area (Å²) in [6.45, 7) is 17.8. The van der Waals surface area contributed by atoms with E-state index in [1.165, 1.54) is 43.8 Å². The summed E-state index contributed by atoms with van der Waals surface area (Å²) in [6.07, 6.45) is 5.99. The molecule has 192 valence electrons. The van der Waals surface area contributed by atoms with Crippen molar-refractivity contribution in [2.24, 2.45) is 28.6 Å². The molecule has 34 heavy (non-hydrogen) atoms. The molecule has 0 spiro atoms. The molecule has 0 N–H and O–H groups in total. The molecule has 3 rings (SSSR count). The van der Waals surface area contributed by atoms with E-state index < -0.39 is 17.0 Å². The van der Waals surface area contributed by atoms with Gasteiger partial charge < -0.3 is 8.92 Å². The third kappa shape index (κ3) is 6.66. The smallest absolute Gasteiger partial charge is 0.322 e. The fourth-order valence-electron chi connectivity index (χ4n) is 5.66. The maximum absolute atomic E-state index is 13.4. The van der Waals surface area contributed by atoms with Crippen molar-refractivity contribution in [1.82, 2.24) is 0 Å². The number of Topliss-reactive ketones (excluding diaryl/α,β-unsaturated/α-hetero) is 1. The number of esters is 1. The minimum absolute atomic E-state index is 0.0186. The molecule has 0 aliphatic heterocycles. The topological polar surface area (TPSA) is 52.6 Å². The molecular weight excluding hydrogens is 444 g/mol. The fourth-order valence-corrected chi connectivity index (χ4v) is 6.34. The van der Waals surface area contributed by atoms with Crippen LogP contribution >= 0.6 is 12.0 Å². The lowest BCUT2D eigenvalue weighted by atomic mass is 9.55. The minimum atomic E-state index is -1.33. The maximum atomic E-state index is 13.4. The Labute approximate surface area is 212 Å². The molecule has 2 aliphatic carbocycles. The van der Waals surface area contributed by atoms with Crippen molar-refractivity contribution in [3.63, 3.8) is 0 Å². The van der Waals surface area contributed by atoms with Gasteiger partial charge in [0.25, 0.3) is 0 Å². The zero-order valence-electron chi connectivity index (χ0n) is 22.8. The van der Waals surface area contributed by atoms with Crippen LogP contribution in [-0.2, 0) is 18.5 Å². The van der Waals surface area contributed by atoms with E-state index in [-0.39, 0.29) is 17.8 Å². The van der Waals surface area contributed by atoms with Crippen molar-refractivity contribution in [1.29, 1.82) is 0 Å². The summed E-state index contributed by atoms with van der Waals surface area (Å²) in [6, 6.07) is 7.95. The summed E-state index contributed by atoms with van der Waals surface area (Å²) in [5, 5.41) is 0. The van der Waals surface area contributed by atoms with Crippen molar-refractivity contribution < 1.29 is 18.5 Å². The number of rotatable bonds is 8. The first-order valence-corrected chi connectivity index (χ1v) is 13.7. The first kappa shape index (κ1) is 28.9. The second-order valence-corrected chi connectivity index (χ2v) is 12.3. The van der Waals surface area contributed by atoms with Crippen molar-refractivity contribution >= 4 is 23.8 Å². The molecule has 2 bridgehead atoms. The van der Waals surface area contributed by atoms with Crippen LogP contribution in [-0.4, -0.2) is 24.0 Å². The highest BCUT2D eigenvalue weighted by Crippen LogP contribution is 2.55. The van der Waals surface area contributed by atoms with E-state index in [1.54, 1.807) is 6.92 Å². The van der Waals surface area contributed by atoms with E-state index in [2.05, 4.69) is 13.8 Å². The summed E-state index contributed by atoms with van der Waals surface area (Å²) >= 11 is 1.19. The molecule has 4 nitrogen and oxygen atoms in total. The molecule has 2 saturated carbocycles. The summed E-state index contributed by atoms with van der Waals surface area (Å²) in [7, 11) is 0. The number of hydrogen-bond acceptors (Lipinski definition) is 5. The van der Waals surface area contributed by atoms with Gasteiger partial charge in [0.15, 0.2) is 0 Å². The average Bonchev–Trinajstić information content (AvgIpc) is 2.74. The minimum Gasteiger partial charge on any atom is -0.458 e. The number of ketones is 1. The zero-order valence-corrected chi connectivity index (χ0v) is 23.6. The Kier molecular flexibility index (Phi) is 9.86. The van der Waals surface area contributed by atoms with E-state index in [9.17, 15) is 9.59 Å². The standard InChI is InChI=1S/C27H40O4S.C2H6/c1-18-8-10-23(11-9-18)32-30-17-27(7,20(3)28)24(29)31-25(4,5)26(6)15-21-12-19(2)13-22(14-21)16-26;1-2/h8-11,19,21-22H,12-17H2,1-7H3;1-2H3. The van der Waals surface area contributed by atoms with Crippen LogP contribution in [0.3, 0.4) is 0 Å². The van der Waals surface area contributed by atoms with Gasteiger partial charge in [-0.15, -0.1) is 0 Å². The Bertz CT molecular complexity index is 813. The predicted octanol–water partition coefficient (Wildman–Crippen LogP) is 7.81. The van der Waals surface area contributed by atoms with E-state index in [1.807, 2.05) is 58.9 Å². The molecule has 0 heterocycles. The zero-order chi connectivity index (χ0) is 25.7. The van der Waals surface area contributed by atoms with Crippen molar-refractivity contribution in [2.45, 2.75) is 105 Å². The van der Waals surface area contributed by atoms with Crippen LogP contribution in [0.4, 0.5) is 0 Å². The molecule has 5 heteroatoms. The number of aryl methyl sites for hydroxylation is 1. The highest BCUT2D eigenvalue weighted by atomic mass is 32.2. The number of fused-ring (bicyclic) bond motifs is 2. The molecule has 1 aromatic rings. The molecule has 3 atom stereocenters. The van der Waals surface area contributed by atoms with Gasteiger partial charge in [-0.2, -0.15) is 0 Å². The Hall–Kier alpha value is -1.33. The lowest BCUT2D eigenvalue weighted by Gasteiger charge is -2.53. The molecule has 3 unspecified atom stereocenters. The van der Waals surface area contributed by atoms with Gasteiger partial charge in [-0.25, -0.2) is 0 Å². The van der Waals surface area contributed by atoms with Crippen molar-refractivity contribution in [2.75, 3.05) is 6.61 Å². The summed E-state index contributed by atoms with van der Waals surface area (Å²) in [4.78, 5) is 26.8. The van der Waals surface area contributed by atoms with Gasteiger partial charge in [0.05, 0.1) is 6.61 Å². The van der Waals surface area contributed by atoms with Crippen molar-refractivity contribution in [3.8, 4) is 0 Å². The van der Waals surface area contributed by atoms with Gasteiger partial charge in [-0.05, 0) is 96.6 Å². The number of carbonyl (C=O) groups is 2. The van der Waals surface area contributed by atoms with Crippen molar-refractivity contribution in [3.05, 3.63) is 29.8 Å². The second kappa shape index (κ2) is 11.6. The van der Waals surface area contributed by atoms with E-state index in [4.69, 9.17) is 8.92 Å². The van der Waals surface area contributed by atoms with Crippen LogP contribution in [0, 0.1) is 35.5 Å². The Balaban J connectivity index is 0.00000199. The largest absolute Gasteiger partial charge is 0.458 e. The van der Waals surface area contributed by atoms with E-state index >= 15 is 0 Å². The highest BCUT2D eigenvalue weighted by molar-refractivity contribution is 7.94. The van der Waals surface area contributed by atoms with Gasteiger partial charge in [-0.3, -0.25) is 9.59 Å². The van der Waals surface area contributed by atoms with E-state index in [0.29, 0.717) is 11.8 Å². The van der Waals surface area contributed by atoms with Crippen LogP contribution in [0.5, 0.6) is 0 Å². The molecule has 0 amide bonds. The lowest BCUT2D eigenvalue weighted by Crippen LogP contribution is -2.53. The highest BCUT2D eigenvalue weighted by Gasteiger charge is 2.53. The molecule has 0 aromatic heterocycles. The van der Waals surface area contributed by atoms with Gasteiger partial charge in [0.2, 0.25) is 0 Å². The third-order valence-corrected chi connectivity index (χ3v) is 8.87. The van der Waals surface area contributed by atoms with Crippen LogP contribution in [0.25, 0.3) is 0 Å². The summed E-state index contributed by atoms with van der Waals surface area (Å²) in [5.41, 5.74) is -0.901. The summed E-state index contributed by atoms with van der Waals surface area (Å²) < 4.78 is 11.9. The van der Waals surface area contributed by atoms with Gasteiger partial charge in [0, 0.05) is 22.4 Å². The molecule has 1 aromatic carbocycles. The SMILES string of the molecule is CC.CC(=O)C(C)(COSc1ccc(C)cc1)C(=O)OC(C)(C)C1(C)CC2CC(C)CC(C2)C1. The predicted molar refractivity (Wildman–Crippen MR) is 141 cm³/mol. The average molecular weight is 491 g/mol. The van der Waals surface area contributed by atoms with Crippen LogP contribution in [0.2, 0.25) is 0 Å². The van der Waals surface area contributed by atoms with Gasteiger partial charge >= 0.3 is 5.97 Å². The quantitative estimate of drug-likeness (QED) is 0.211. The lowest BCUT2D eigenvalue weighted by molar-refractivity contribution is -0.191. The number of benzene rings is 1. The number of hydrogen-bond donors (Lipinski definition) is 0. The molecule has 2 fully saturated rings. The Morgan fingerprint density at radius 3 is 2.06 bits per heavy atom. The molecule has 0 radical (unpaired) electrons. The molecule has 2 aliphatic rings. The number of carbonyl (C=O) groups excluding carboxylic acids is 2. The Morgan fingerprint density at radius 2 is 1.56 bits per heavy atom. The molecule has 0 saturated heterocycles. The Morgan fingerprint density at radius 1 is 1.03 bits per heavy atom. The fraction of sp³-hybridized carbons (Fsp3) is 0.724. The normalized spacial score (nSPS) is 28.2. The first-order chi connectivity index (χ1) is 15.8. The van der Waals surface area contributed by atoms with E-state index in [0.717, 1.165) is 23.7 Å².